The first-order valence-corrected chi connectivity index (χ1v) is 6.19. The molecule has 92 valence electrons. The van der Waals surface area contributed by atoms with Crippen LogP contribution in [0.25, 0.3) is 0 Å². The second kappa shape index (κ2) is 5.21. The molecule has 3 nitrogen and oxygen atoms in total. The maximum absolute atomic E-state index is 11.9. The largest absolute Gasteiger partial charge is 0.479 e. The molecular weight excluding hydrogens is 214 g/mol. The molecule has 0 spiro atoms. The standard InChI is InChI=1S/C14H19NO2/c1-10(2)7-8-12(16)14-9-15-11-5-3-4-6-13(11)17-14/h3-6,10,14-15H,7-9H2,1-2H3. The minimum Gasteiger partial charge on any atom is -0.479 e. The van der Waals surface area contributed by atoms with E-state index in [1.54, 1.807) is 0 Å². The van der Waals surface area contributed by atoms with Crippen molar-refractivity contribution >= 4 is 11.5 Å². The van der Waals surface area contributed by atoms with E-state index < -0.39 is 0 Å². The number of para-hydroxylation sites is 2. The number of hydrogen-bond acceptors (Lipinski definition) is 3. The Bertz CT molecular complexity index is 401. The topological polar surface area (TPSA) is 38.3 Å². The van der Waals surface area contributed by atoms with Crippen molar-refractivity contribution in [2.75, 3.05) is 11.9 Å². The summed E-state index contributed by atoms with van der Waals surface area (Å²) in [6, 6.07) is 7.73. The van der Waals surface area contributed by atoms with Crippen LogP contribution in [0.2, 0.25) is 0 Å². The monoisotopic (exact) mass is 233 g/mol. The van der Waals surface area contributed by atoms with E-state index in [1.165, 1.54) is 0 Å². The molecule has 0 amide bonds. The lowest BCUT2D eigenvalue weighted by atomic mass is 10.0. The molecule has 0 saturated heterocycles. The molecule has 1 aliphatic heterocycles. The number of ether oxygens (including phenoxy) is 1. The number of anilines is 1. The van der Waals surface area contributed by atoms with Crippen molar-refractivity contribution in [3.05, 3.63) is 24.3 Å². The van der Waals surface area contributed by atoms with Gasteiger partial charge < -0.3 is 10.1 Å². The van der Waals surface area contributed by atoms with E-state index in [9.17, 15) is 4.79 Å². The van der Waals surface area contributed by atoms with Gasteiger partial charge in [-0.15, -0.1) is 0 Å². The molecule has 1 N–H and O–H groups in total. The summed E-state index contributed by atoms with van der Waals surface area (Å²) in [5, 5.41) is 3.24. The molecule has 0 aliphatic carbocycles. The number of carbonyl (C=O) groups excluding carboxylic acids is 1. The van der Waals surface area contributed by atoms with Crippen LogP contribution in [0, 0.1) is 5.92 Å². The van der Waals surface area contributed by atoms with Gasteiger partial charge in [-0.25, -0.2) is 0 Å². The van der Waals surface area contributed by atoms with E-state index >= 15 is 0 Å². The number of hydrogen-bond donors (Lipinski definition) is 1. The zero-order valence-corrected chi connectivity index (χ0v) is 10.4. The Morgan fingerprint density at radius 1 is 1.47 bits per heavy atom. The van der Waals surface area contributed by atoms with Crippen molar-refractivity contribution in [1.29, 1.82) is 0 Å². The molecule has 0 radical (unpaired) electrons. The van der Waals surface area contributed by atoms with E-state index in [-0.39, 0.29) is 11.9 Å². The van der Waals surface area contributed by atoms with Crippen molar-refractivity contribution in [1.82, 2.24) is 0 Å². The zero-order valence-electron chi connectivity index (χ0n) is 10.4. The highest BCUT2D eigenvalue weighted by molar-refractivity contribution is 5.85. The summed E-state index contributed by atoms with van der Waals surface area (Å²) in [6.07, 6.45) is 1.20. The molecule has 2 rings (SSSR count). The van der Waals surface area contributed by atoms with Gasteiger partial charge in [0.2, 0.25) is 0 Å². The van der Waals surface area contributed by atoms with Crippen LogP contribution < -0.4 is 10.1 Å². The number of carbonyl (C=O) groups is 1. The Labute approximate surface area is 102 Å². The van der Waals surface area contributed by atoms with Gasteiger partial charge in [0.1, 0.15) is 5.75 Å². The van der Waals surface area contributed by atoms with Gasteiger partial charge >= 0.3 is 0 Å². The van der Waals surface area contributed by atoms with Crippen molar-refractivity contribution in [2.24, 2.45) is 5.92 Å². The minimum absolute atomic E-state index is 0.195. The fourth-order valence-corrected chi connectivity index (χ4v) is 1.88. The number of nitrogens with one attached hydrogen (secondary N) is 1. The van der Waals surface area contributed by atoms with Crippen molar-refractivity contribution in [2.45, 2.75) is 32.8 Å². The number of Topliss-reactive ketones (excluding diaryl/α,β-unsaturated/α-hetero) is 1. The van der Waals surface area contributed by atoms with Crippen LogP contribution in [0.3, 0.4) is 0 Å². The van der Waals surface area contributed by atoms with Crippen LogP contribution in [0.4, 0.5) is 5.69 Å². The molecule has 1 aromatic rings. The molecule has 0 bridgehead atoms. The predicted molar refractivity (Wildman–Crippen MR) is 68.4 cm³/mol. The van der Waals surface area contributed by atoms with Gasteiger partial charge in [-0.3, -0.25) is 4.79 Å². The average molecular weight is 233 g/mol. The second-order valence-corrected chi connectivity index (χ2v) is 4.88. The van der Waals surface area contributed by atoms with E-state index in [2.05, 4.69) is 19.2 Å². The second-order valence-electron chi connectivity index (χ2n) is 4.88. The number of fused-ring (bicyclic) bond motifs is 1. The van der Waals surface area contributed by atoms with Gasteiger partial charge in [-0.2, -0.15) is 0 Å². The molecule has 1 aromatic carbocycles. The quantitative estimate of drug-likeness (QED) is 0.869. The summed E-state index contributed by atoms with van der Waals surface area (Å²) in [5.41, 5.74) is 0.973. The van der Waals surface area contributed by atoms with Crippen molar-refractivity contribution in [3.63, 3.8) is 0 Å². The highest BCUT2D eigenvalue weighted by Crippen LogP contribution is 2.28. The number of rotatable bonds is 4. The fourth-order valence-electron chi connectivity index (χ4n) is 1.88. The first kappa shape index (κ1) is 12.0. The predicted octanol–water partition coefficient (Wildman–Crippen LogP) is 2.86. The lowest BCUT2D eigenvalue weighted by Crippen LogP contribution is -2.37. The van der Waals surface area contributed by atoms with Gasteiger partial charge in [0.05, 0.1) is 12.2 Å². The first-order chi connectivity index (χ1) is 8.16. The van der Waals surface area contributed by atoms with E-state index in [0.717, 1.165) is 17.9 Å². The molecule has 17 heavy (non-hydrogen) atoms. The molecular formula is C14H19NO2. The van der Waals surface area contributed by atoms with E-state index in [4.69, 9.17) is 4.74 Å². The summed E-state index contributed by atoms with van der Waals surface area (Å²) in [7, 11) is 0. The van der Waals surface area contributed by atoms with Crippen LogP contribution >= 0.6 is 0 Å². The number of ketones is 1. The Hall–Kier alpha value is -1.51. The Balaban J connectivity index is 1.95. The summed E-state index contributed by atoms with van der Waals surface area (Å²) in [6.45, 7) is 4.83. The smallest absolute Gasteiger partial charge is 0.175 e. The summed E-state index contributed by atoms with van der Waals surface area (Å²) in [4.78, 5) is 11.9. The van der Waals surface area contributed by atoms with Crippen molar-refractivity contribution in [3.8, 4) is 5.75 Å². The lowest BCUT2D eigenvalue weighted by molar-refractivity contribution is -0.125. The third-order valence-electron chi connectivity index (χ3n) is 2.96. The van der Waals surface area contributed by atoms with Gasteiger partial charge in [-0.05, 0) is 24.5 Å². The maximum atomic E-state index is 11.9. The molecule has 1 heterocycles. The Morgan fingerprint density at radius 2 is 2.24 bits per heavy atom. The number of benzene rings is 1. The molecule has 0 fully saturated rings. The first-order valence-electron chi connectivity index (χ1n) is 6.19. The Morgan fingerprint density at radius 3 is 3.00 bits per heavy atom. The van der Waals surface area contributed by atoms with Gasteiger partial charge in [-0.1, -0.05) is 26.0 Å². The maximum Gasteiger partial charge on any atom is 0.175 e. The molecule has 1 atom stereocenters. The minimum atomic E-state index is -0.330. The van der Waals surface area contributed by atoms with Crippen LogP contribution in [0.5, 0.6) is 5.75 Å². The SMILES string of the molecule is CC(C)CCC(=O)C1CNc2ccccc2O1. The van der Waals surface area contributed by atoms with Gasteiger partial charge in [0, 0.05) is 6.42 Å². The van der Waals surface area contributed by atoms with E-state index in [0.29, 0.717) is 18.9 Å². The molecule has 0 saturated carbocycles. The third-order valence-corrected chi connectivity index (χ3v) is 2.96. The molecule has 1 unspecified atom stereocenters. The normalized spacial score (nSPS) is 18.2. The average Bonchev–Trinajstić information content (AvgIpc) is 2.35. The van der Waals surface area contributed by atoms with E-state index in [1.807, 2.05) is 24.3 Å². The Kier molecular flexibility index (Phi) is 3.67. The highest BCUT2D eigenvalue weighted by atomic mass is 16.5. The van der Waals surface area contributed by atoms with Crippen LogP contribution in [0.15, 0.2) is 24.3 Å². The molecule has 3 heteroatoms. The van der Waals surface area contributed by atoms with Crippen molar-refractivity contribution < 1.29 is 9.53 Å². The summed E-state index contributed by atoms with van der Waals surface area (Å²) >= 11 is 0. The van der Waals surface area contributed by atoms with Gasteiger partial charge in [0.25, 0.3) is 0 Å². The summed E-state index contributed by atoms with van der Waals surface area (Å²) in [5.74, 6) is 1.53. The lowest BCUT2D eigenvalue weighted by Gasteiger charge is -2.26. The fraction of sp³-hybridized carbons (Fsp3) is 0.500. The third kappa shape index (κ3) is 2.99. The van der Waals surface area contributed by atoms with Crippen LogP contribution in [-0.4, -0.2) is 18.4 Å². The van der Waals surface area contributed by atoms with Crippen LogP contribution in [-0.2, 0) is 4.79 Å². The zero-order chi connectivity index (χ0) is 12.3. The van der Waals surface area contributed by atoms with Crippen LogP contribution in [0.1, 0.15) is 26.7 Å². The molecule has 0 aromatic heterocycles. The molecule has 1 aliphatic rings. The van der Waals surface area contributed by atoms with Gasteiger partial charge in [0.15, 0.2) is 11.9 Å². The highest BCUT2D eigenvalue weighted by Gasteiger charge is 2.24. The summed E-state index contributed by atoms with van der Waals surface area (Å²) < 4.78 is 5.71.